The van der Waals surface area contributed by atoms with E-state index in [1.54, 1.807) is 24.3 Å². The number of carbonyl (C=O) groups excluding carboxylic acids is 3. The molecule has 0 spiro atoms. The lowest BCUT2D eigenvalue weighted by molar-refractivity contribution is -0.148. The van der Waals surface area contributed by atoms with Crippen molar-refractivity contribution >= 4 is 35.1 Å². The number of amides is 2. The third kappa shape index (κ3) is 6.40. The van der Waals surface area contributed by atoms with E-state index in [-0.39, 0.29) is 30.7 Å². The number of piperazine rings is 1. The number of benzene rings is 1. The highest BCUT2D eigenvalue weighted by atomic mass is 32.1. The Balaban J connectivity index is 2.05. The number of para-hydroxylation sites is 1. The average molecular weight is 423 g/mol. The third-order valence-electron chi connectivity index (χ3n) is 4.15. The minimum atomic E-state index is -0.867. The first-order chi connectivity index (χ1) is 14.0. The maximum Gasteiger partial charge on any atom is 0.308 e. The number of hydrogen-bond donors (Lipinski definition) is 2. The molecule has 1 fully saturated rings. The number of nitrogens with zero attached hydrogens (tertiary/aromatic N) is 1. The van der Waals surface area contributed by atoms with Gasteiger partial charge in [-0.15, -0.1) is 0 Å². The summed E-state index contributed by atoms with van der Waals surface area (Å²) in [6.07, 6.45) is -0.193. The van der Waals surface area contributed by atoms with Crippen LogP contribution in [0.25, 0.3) is 0 Å². The van der Waals surface area contributed by atoms with Crippen molar-refractivity contribution in [3.63, 3.8) is 0 Å². The Bertz CT molecular complexity index is 757. The van der Waals surface area contributed by atoms with Gasteiger partial charge in [0, 0.05) is 20.2 Å². The van der Waals surface area contributed by atoms with Gasteiger partial charge in [0.1, 0.15) is 18.4 Å². The zero-order valence-corrected chi connectivity index (χ0v) is 17.3. The fraction of sp³-hybridized carbons (Fsp3) is 0.474. The molecule has 0 bridgehead atoms. The van der Waals surface area contributed by atoms with Crippen LogP contribution >= 0.6 is 12.2 Å². The first-order valence-electron chi connectivity index (χ1n) is 9.24. The van der Waals surface area contributed by atoms with E-state index < -0.39 is 17.9 Å². The summed E-state index contributed by atoms with van der Waals surface area (Å²) >= 11 is 5.35. The molecule has 2 rings (SSSR count). The Morgan fingerprint density at radius 2 is 2.07 bits per heavy atom. The fourth-order valence-corrected chi connectivity index (χ4v) is 3.10. The standard InChI is InChI=1S/C19H25N3O6S/c1-3-27-15-7-5-4-6-13(15)17(24)21-19(29)22-9-8-20-18(25)14(22)12-16(23)28-11-10-26-2/h4-7,14H,3,8-12H2,1-2H3,(H,20,25)(H,21,24,29). The summed E-state index contributed by atoms with van der Waals surface area (Å²) in [5, 5.41) is 5.38. The summed E-state index contributed by atoms with van der Waals surface area (Å²) in [7, 11) is 1.50. The van der Waals surface area contributed by atoms with E-state index in [4.69, 9.17) is 26.4 Å². The fourth-order valence-electron chi connectivity index (χ4n) is 2.79. The van der Waals surface area contributed by atoms with Crippen LogP contribution in [-0.2, 0) is 19.1 Å². The van der Waals surface area contributed by atoms with Crippen LogP contribution in [0.2, 0.25) is 0 Å². The van der Waals surface area contributed by atoms with E-state index in [0.29, 0.717) is 31.0 Å². The molecule has 2 amide bonds. The lowest BCUT2D eigenvalue weighted by Crippen LogP contribution is -2.60. The lowest BCUT2D eigenvalue weighted by atomic mass is 10.1. The molecule has 1 unspecified atom stereocenters. The van der Waals surface area contributed by atoms with Crippen molar-refractivity contribution in [2.24, 2.45) is 0 Å². The predicted octanol–water partition coefficient (Wildman–Crippen LogP) is 0.480. The molecule has 0 radical (unpaired) electrons. The molecule has 1 aliphatic heterocycles. The highest BCUT2D eigenvalue weighted by Crippen LogP contribution is 2.18. The van der Waals surface area contributed by atoms with E-state index in [9.17, 15) is 14.4 Å². The van der Waals surface area contributed by atoms with Gasteiger partial charge in [-0.1, -0.05) is 12.1 Å². The number of nitrogens with one attached hydrogen (secondary N) is 2. The van der Waals surface area contributed by atoms with Crippen LogP contribution in [0.4, 0.5) is 0 Å². The molecule has 0 aromatic heterocycles. The molecule has 9 nitrogen and oxygen atoms in total. The lowest BCUT2D eigenvalue weighted by Gasteiger charge is -2.36. The Hall–Kier alpha value is -2.72. The van der Waals surface area contributed by atoms with E-state index >= 15 is 0 Å². The molecule has 1 heterocycles. The van der Waals surface area contributed by atoms with Crippen LogP contribution in [0.3, 0.4) is 0 Å². The van der Waals surface area contributed by atoms with Crippen molar-refractivity contribution in [1.82, 2.24) is 15.5 Å². The molecule has 0 saturated carbocycles. The Kier molecular flexibility index (Phi) is 8.81. The second-order valence-corrected chi connectivity index (χ2v) is 6.49. The normalized spacial score (nSPS) is 16.0. The zero-order valence-electron chi connectivity index (χ0n) is 16.4. The summed E-state index contributed by atoms with van der Waals surface area (Å²) in [6, 6.07) is 5.92. The SMILES string of the molecule is CCOc1ccccc1C(=O)NC(=S)N1CCNC(=O)C1CC(=O)OCCOC. The monoisotopic (exact) mass is 423 g/mol. The second-order valence-electron chi connectivity index (χ2n) is 6.11. The zero-order chi connectivity index (χ0) is 21.2. The molecular formula is C19H25N3O6S. The highest BCUT2D eigenvalue weighted by molar-refractivity contribution is 7.80. The van der Waals surface area contributed by atoms with Crippen molar-refractivity contribution in [3.8, 4) is 5.75 Å². The Labute approximate surface area is 174 Å². The maximum absolute atomic E-state index is 12.7. The van der Waals surface area contributed by atoms with Gasteiger partial charge < -0.3 is 24.4 Å². The van der Waals surface area contributed by atoms with Crippen molar-refractivity contribution in [1.29, 1.82) is 0 Å². The number of ether oxygens (including phenoxy) is 3. The number of rotatable bonds is 8. The van der Waals surface area contributed by atoms with Crippen molar-refractivity contribution in [3.05, 3.63) is 29.8 Å². The van der Waals surface area contributed by atoms with Crippen LogP contribution in [0.15, 0.2) is 24.3 Å². The smallest absolute Gasteiger partial charge is 0.308 e. The molecule has 1 aromatic carbocycles. The number of esters is 1. The molecule has 2 N–H and O–H groups in total. The molecular weight excluding hydrogens is 398 g/mol. The van der Waals surface area contributed by atoms with Gasteiger partial charge in [0.05, 0.1) is 25.2 Å². The second kappa shape index (κ2) is 11.3. The molecule has 0 aliphatic carbocycles. The topological polar surface area (TPSA) is 106 Å². The van der Waals surface area contributed by atoms with Crippen LogP contribution in [0, 0.1) is 0 Å². The molecule has 1 aliphatic rings. The summed E-state index contributed by atoms with van der Waals surface area (Å²) in [4.78, 5) is 38.5. The third-order valence-corrected chi connectivity index (χ3v) is 4.49. The number of carbonyl (C=O) groups is 3. The molecule has 29 heavy (non-hydrogen) atoms. The van der Waals surface area contributed by atoms with Crippen LogP contribution in [0.1, 0.15) is 23.7 Å². The van der Waals surface area contributed by atoms with E-state index in [0.717, 1.165) is 0 Å². The van der Waals surface area contributed by atoms with E-state index in [1.165, 1.54) is 12.0 Å². The van der Waals surface area contributed by atoms with Gasteiger partial charge in [0.25, 0.3) is 5.91 Å². The Morgan fingerprint density at radius 1 is 1.31 bits per heavy atom. The van der Waals surface area contributed by atoms with Crippen LogP contribution < -0.4 is 15.4 Å². The van der Waals surface area contributed by atoms with Gasteiger partial charge in [-0.25, -0.2) is 0 Å². The molecule has 10 heteroatoms. The maximum atomic E-state index is 12.7. The highest BCUT2D eigenvalue weighted by Gasteiger charge is 2.34. The largest absolute Gasteiger partial charge is 0.493 e. The van der Waals surface area contributed by atoms with Gasteiger partial charge in [-0.3, -0.25) is 19.7 Å². The minimum Gasteiger partial charge on any atom is -0.493 e. The van der Waals surface area contributed by atoms with E-state index in [1.807, 2.05) is 6.92 Å². The summed E-state index contributed by atoms with van der Waals surface area (Å²) in [5.41, 5.74) is 0.327. The van der Waals surface area contributed by atoms with Crippen molar-refractivity contribution < 1.29 is 28.6 Å². The van der Waals surface area contributed by atoms with Gasteiger partial charge in [0.2, 0.25) is 5.91 Å². The predicted molar refractivity (Wildman–Crippen MR) is 109 cm³/mol. The van der Waals surface area contributed by atoms with Crippen LogP contribution in [-0.4, -0.2) is 73.9 Å². The summed E-state index contributed by atoms with van der Waals surface area (Å²) in [6.45, 7) is 3.29. The van der Waals surface area contributed by atoms with E-state index in [2.05, 4.69) is 10.6 Å². The van der Waals surface area contributed by atoms with Crippen molar-refractivity contribution in [2.45, 2.75) is 19.4 Å². The Morgan fingerprint density at radius 3 is 2.79 bits per heavy atom. The molecule has 158 valence electrons. The van der Waals surface area contributed by atoms with Crippen molar-refractivity contribution in [2.75, 3.05) is 40.0 Å². The first-order valence-corrected chi connectivity index (χ1v) is 9.64. The number of thiocarbonyl (C=S) groups is 1. The van der Waals surface area contributed by atoms with Gasteiger partial charge in [0.15, 0.2) is 5.11 Å². The van der Waals surface area contributed by atoms with Crippen LogP contribution in [0.5, 0.6) is 5.75 Å². The summed E-state index contributed by atoms with van der Waals surface area (Å²) in [5.74, 6) is -0.924. The average Bonchev–Trinajstić information content (AvgIpc) is 2.70. The number of methoxy groups -OCH3 is 1. The van der Waals surface area contributed by atoms with Gasteiger partial charge in [-0.05, 0) is 31.3 Å². The van der Waals surface area contributed by atoms with Gasteiger partial charge in [-0.2, -0.15) is 0 Å². The quantitative estimate of drug-likeness (QED) is 0.353. The summed E-state index contributed by atoms with van der Waals surface area (Å²) < 4.78 is 15.3. The molecule has 1 saturated heterocycles. The molecule has 1 atom stereocenters. The first kappa shape index (κ1) is 22.6. The molecule has 1 aromatic rings. The van der Waals surface area contributed by atoms with Gasteiger partial charge >= 0.3 is 5.97 Å². The minimum absolute atomic E-state index is 0.0610. The number of hydrogen-bond acceptors (Lipinski definition) is 7.